The fourth-order valence-corrected chi connectivity index (χ4v) is 1.57. The van der Waals surface area contributed by atoms with Gasteiger partial charge in [0.1, 0.15) is 0 Å². The van der Waals surface area contributed by atoms with Crippen LogP contribution < -0.4 is 10.1 Å². The summed E-state index contributed by atoms with van der Waals surface area (Å²) < 4.78 is 45.4. The third-order valence-electron chi connectivity index (χ3n) is 2.93. The van der Waals surface area contributed by atoms with Crippen molar-refractivity contribution in [1.29, 1.82) is 0 Å². The van der Waals surface area contributed by atoms with Crippen LogP contribution >= 0.6 is 0 Å². The number of esters is 1. The molecule has 0 saturated heterocycles. The number of halogens is 3. The van der Waals surface area contributed by atoms with E-state index in [9.17, 15) is 22.8 Å². The molecule has 1 fully saturated rings. The second-order valence-corrected chi connectivity index (χ2v) is 5.12. The highest BCUT2D eigenvalue weighted by Gasteiger charge is 2.29. The molecule has 1 heterocycles. The molecular formula is C14H15F3N2O4. The normalized spacial score (nSPS) is 15.7. The second kappa shape index (κ2) is 6.84. The Balaban J connectivity index is 1.85. The number of hydrogen-bond donors (Lipinski definition) is 1. The van der Waals surface area contributed by atoms with Crippen LogP contribution in [-0.2, 0) is 9.53 Å². The van der Waals surface area contributed by atoms with Crippen molar-refractivity contribution in [2.24, 2.45) is 0 Å². The summed E-state index contributed by atoms with van der Waals surface area (Å²) in [6, 6.07) is 2.49. The topological polar surface area (TPSA) is 77.5 Å². The van der Waals surface area contributed by atoms with Crippen LogP contribution in [0.15, 0.2) is 18.3 Å². The third-order valence-corrected chi connectivity index (χ3v) is 2.93. The summed E-state index contributed by atoms with van der Waals surface area (Å²) in [7, 11) is 0. The molecule has 1 atom stereocenters. The molecule has 1 aromatic rings. The van der Waals surface area contributed by atoms with E-state index in [0.717, 1.165) is 25.1 Å². The average Bonchev–Trinajstić information content (AvgIpc) is 3.28. The van der Waals surface area contributed by atoms with Crippen molar-refractivity contribution < 1.29 is 32.2 Å². The maximum atomic E-state index is 12.0. The predicted octanol–water partition coefficient (Wildman–Crippen LogP) is 1.85. The Hall–Kier alpha value is -2.32. The van der Waals surface area contributed by atoms with Crippen LogP contribution in [0.1, 0.15) is 30.1 Å². The van der Waals surface area contributed by atoms with Gasteiger partial charge in [-0.05, 0) is 25.8 Å². The predicted molar refractivity (Wildman–Crippen MR) is 71.8 cm³/mol. The number of hydrogen-bond acceptors (Lipinski definition) is 5. The van der Waals surface area contributed by atoms with Gasteiger partial charge in [0.2, 0.25) is 5.88 Å². The summed E-state index contributed by atoms with van der Waals surface area (Å²) in [5, 5.41) is 2.69. The molecule has 0 bridgehead atoms. The van der Waals surface area contributed by atoms with E-state index in [1.165, 1.54) is 13.0 Å². The number of pyridine rings is 1. The van der Waals surface area contributed by atoms with E-state index in [0.29, 0.717) is 0 Å². The van der Waals surface area contributed by atoms with Gasteiger partial charge in [0.25, 0.3) is 5.91 Å². The molecule has 23 heavy (non-hydrogen) atoms. The molecule has 1 N–H and O–H groups in total. The highest BCUT2D eigenvalue weighted by molar-refractivity contribution is 5.92. The smallest absolute Gasteiger partial charge is 0.422 e. The molecule has 0 radical (unpaired) electrons. The fraction of sp³-hybridized carbons (Fsp3) is 0.500. The van der Waals surface area contributed by atoms with Gasteiger partial charge < -0.3 is 14.8 Å². The van der Waals surface area contributed by atoms with E-state index in [1.807, 2.05) is 0 Å². The largest absolute Gasteiger partial charge is 0.468 e. The van der Waals surface area contributed by atoms with Crippen molar-refractivity contribution >= 4 is 11.9 Å². The zero-order valence-electron chi connectivity index (χ0n) is 12.2. The van der Waals surface area contributed by atoms with Crippen molar-refractivity contribution in [2.45, 2.75) is 38.1 Å². The van der Waals surface area contributed by atoms with Crippen molar-refractivity contribution in [1.82, 2.24) is 10.3 Å². The first-order valence-corrected chi connectivity index (χ1v) is 6.91. The van der Waals surface area contributed by atoms with E-state index >= 15 is 0 Å². The van der Waals surface area contributed by atoms with Gasteiger partial charge in [-0.2, -0.15) is 13.2 Å². The van der Waals surface area contributed by atoms with Crippen LogP contribution in [0.4, 0.5) is 13.2 Å². The van der Waals surface area contributed by atoms with Gasteiger partial charge in [0.05, 0.1) is 5.56 Å². The Kier molecular flexibility index (Phi) is 5.07. The minimum atomic E-state index is -4.47. The summed E-state index contributed by atoms with van der Waals surface area (Å²) in [6.45, 7) is -0.0357. The summed E-state index contributed by atoms with van der Waals surface area (Å²) in [5.41, 5.74) is 0.00966. The molecule has 2 rings (SSSR count). The summed E-state index contributed by atoms with van der Waals surface area (Å²) >= 11 is 0. The molecule has 0 aromatic carbocycles. The van der Waals surface area contributed by atoms with Gasteiger partial charge in [-0.1, -0.05) is 0 Å². The third kappa shape index (κ3) is 5.76. The second-order valence-electron chi connectivity index (χ2n) is 5.12. The number of rotatable bonds is 6. The number of ether oxygens (including phenoxy) is 2. The van der Waals surface area contributed by atoms with Crippen molar-refractivity contribution in [3.05, 3.63) is 23.9 Å². The molecule has 0 unspecified atom stereocenters. The van der Waals surface area contributed by atoms with E-state index < -0.39 is 24.9 Å². The first-order chi connectivity index (χ1) is 10.7. The van der Waals surface area contributed by atoms with Gasteiger partial charge in [-0.25, -0.2) is 9.78 Å². The van der Waals surface area contributed by atoms with E-state index in [2.05, 4.69) is 15.0 Å². The number of carbonyl (C=O) groups excluding carboxylic acids is 2. The van der Waals surface area contributed by atoms with Gasteiger partial charge >= 0.3 is 12.1 Å². The van der Waals surface area contributed by atoms with Gasteiger partial charge in [-0.15, -0.1) is 0 Å². The molecule has 1 saturated carbocycles. The monoisotopic (exact) mass is 332 g/mol. The number of alkyl halides is 3. The molecule has 126 valence electrons. The maximum absolute atomic E-state index is 12.0. The standard InChI is InChI=1S/C14H15F3N2O4/c1-8(12(20)19-10-3-4-10)23-13(21)9-2-5-11(18-6-9)22-7-14(15,16)17/h2,5-6,8,10H,3-4,7H2,1H3,(H,19,20)/t8-/m1/s1. The number of nitrogens with one attached hydrogen (secondary N) is 1. The SMILES string of the molecule is C[C@@H](OC(=O)c1ccc(OCC(F)(F)F)nc1)C(=O)NC1CC1. The molecular weight excluding hydrogens is 317 g/mol. The molecule has 6 nitrogen and oxygen atoms in total. The van der Waals surface area contributed by atoms with Gasteiger partial charge in [0, 0.05) is 18.3 Å². The number of amides is 1. The number of carbonyl (C=O) groups is 2. The molecule has 0 aliphatic heterocycles. The van der Waals surface area contributed by atoms with E-state index in [4.69, 9.17) is 4.74 Å². The molecule has 0 spiro atoms. The van der Waals surface area contributed by atoms with Gasteiger partial charge in [-0.3, -0.25) is 4.79 Å². The molecule has 1 aliphatic rings. The minimum Gasteiger partial charge on any atom is -0.468 e. The van der Waals surface area contributed by atoms with Crippen molar-refractivity contribution in [3.63, 3.8) is 0 Å². The minimum absolute atomic E-state index is 0.00966. The lowest BCUT2D eigenvalue weighted by molar-refractivity contribution is -0.154. The van der Waals surface area contributed by atoms with Crippen LogP contribution in [0.5, 0.6) is 5.88 Å². The highest BCUT2D eigenvalue weighted by Crippen LogP contribution is 2.19. The highest BCUT2D eigenvalue weighted by atomic mass is 19.4. The Bertz CT molecular complexity index is 570. The first-order valence-electron chi connectivity index (χ1n) is 6.91. The number of aromatic nitrogens is 1. The van der Waals surface area contributed by atoms with E-state index in [1.54, 1.807) is 0 Å². The Morgan fingerprint density at radius 1 is 1.39 bits per heavy atom. The summed E-state index contributed by atoms with van der Waals surface area (Å²) in [4.78, 5) is 27.1. The van der Waals surface area contributed by atoms with Crippen LogP contribution in [-0.4, -0.2) is 41.8 Å². The lowest BCUT2D eigenvalue weighted by Crippen LogP contribution is -2.37. The van der Waals surface area contributed by atoms with Crippen molar-refractivity contribution in [2.75, 3.05) is 6.61 Å². The van der Waals surface area contributed by atoms with Crippen molar-refractivity contribution in [3.8, 4) is 5.88 Å². The summed E-state index contributed by atoms with van der Waals surface area (Å²) in [6.07, 6.45) is -2.58. The Morgan fingerprint density at radius 2 is 2.09 bits per heavy atom. The van der Waals surface area contributed by atoms with Crippen LogP contribution in [0.3, 0.4) is 0 Å². The molecule has 1 aromatic heterocycles. The first kappa shape index (κ1) is 17.0. The molecule has 1 aliphatic carbocycles. The maximum Gasteiger partial charge on any atom is 0.422 e. The number of nitrogens with zero attached hydrogens (tertiary/aromatic N) is 1. The quantitative estimate of drug-likeness (QED) is 0.805. The van der Waals surface area contributed by atoms with Crippen LogP contribution in [0, 0.1) is 0 Å². The zero-order chi connectivity index (χ0) is 17.0. The van der Waals surface area contributed by atoms with Gasteiger partial charge in [0.15, 0.2) is 12.7 Å². The average molecular weight is 332 g/mol. The van der Waals surface area contributed by atoms with Crippen LogP contribution in [0.2, 0.25) is 0 Å². The Morgan fingerprint density at radius 3 is 2.61 bits per heavy atom. The Labute approximate surface area is 130 Å². The zero-order valence-corrected chi connectivity index (χ0v) is 12.2. The molecule has 9 heteroatoms. The molecule has 1 amide bonds. The summed E-state index contributed by atoms with van der Waals surface area (Å²) in [5.74, 6) is -1.45. The van der Waals surface area contributed by atoms with Crippen LogP contribution in [0.25, 0.3) is 0 Å². The lowest BCUT2D eigenvalue weighted by Gasteiger charge is -2.13. The van der Waals surface area contributed by atoms with E-state index in [-0.39, 0.29) is 23.4 Å². The lowest BCUT2D eigenvalue weighted by atomic mass is 10.3. The fourth-order valence-electron chi connectivity index (χ4n) is 1.57.